The number of benzene rings is 1. The first kappa shape index (κ1) is 17.5. The minimum absolute atomic E-state index is 0.107. The monoisotopic (exact) mass is 346 g/mol. The Labute approximate surface area is 148 Å². The van der Waals surface area contributed by atoms with Crippen LogP contribution in [0.4, 0.5) is 10.5 Å². The SMILES string of the molecule is C[C@@H](NC(=O)N[C@H]1CCCNC1=O)c1ccc(N2CCOCC2)cc1. The number of morpholine rings is 1. The molecule has 2 atom stereocenters. The molecule has 3 N–H and O–H groups in total. The summed E-state index contributed by atoms with van der Waals surface area (Å²) < 4.78 is 5.37. The van der Waals surface area contributed by atoms with Crippen molar-refractivity contribution in [3.05, 3.63) is 29.8 Å². The molecule has 1 aromatic carbocycles. The lowest BCUT2D eigenvalue weighted by molar-refractivity contribution is -0.124. The van der Waals surface area contributed by atoms with E-state index in [1.807, 2.05) is 19.1 Å². The number of piperidine rings is 1. The molecule has 136 valence electrons. The largest absolute Gasteiger partial charge is 0.378 e. The lowest BCUT2D eigenvalue weighted by Gasteiger charge is -2.29. The number of hydrogen-bond donors (Lipinski definition) is 3. The van der Waals surface area contributed by atoms with E-state index in [1.54, 1.807) is 0 Å². The maximum absolute atomic E-state index is 12.1. The zero-order valence-corrected chi connectivity index (χ0v) is 14.6. The van der Waals surface area contributed by atoms with Crippen molar-refractivity contribution in [1.82, 2.24) is 16.0 Å². The van der Waals surface area contributed by atoms with Crippen LogP contribution in [0.2, 0.25) is 0 Å². The lowest BCUT2D eigenvalue weighted by Crippen LogP contribution is -2.52. The molecule has 25 heavy (non-hydrogen) atoms. The third-order valence-corrected chi connectivity index (χ3v) is 4.71. The van der Waals surface area contributed by atoms with Crippen molar-refractivity contribution in [3.8, 4) is 0 Å². The number of amides is 3. The van der Waals surface area contributed by atoms with Gasteiger partial charge in [0.2, 0.25) is 5.91 Å². The summed E-state index contributed by atoms with van der Waals surface area (Å²) in [4.78, 5) is 26.1. The van der Waals surface area contributed by atoms with E-state index < -0.39 is 6.04 Å². The van der Waals surface area contributed by atoms with E-state index in [9.17, 15) is 9.59 Å². The molecule has 0 radical (unpaired) electrons. The highest BCUT2D eigenvalue weighted by Crippen LogP contribution is 2.20. The number of urea groups is 1. The van der Waals surface area contributed by atoms with Crippen molar-refractivity contribution >= 4 is 17.6 Å². The van der Waals surface area contributed by atoms with Crippen molar-refractivity contribution in [3.63, 3.8) is 0 Å². The molecule has 0 aliphatic carbocycles. The number of hydrogen-bond acceptors (Lipinski definition) is 4. The number of nitrogens with zero attached hydrogens (tertiary/aromatic N) is 1. The molecule has 2 saturated heterocycles. The van der Waals surface area contributed by atoms with Gasteiger partial charge in [-0.05, 0) is 37.5 Å². The molecule has 2 aliphatic heterocycles. The number of anilines is 1. The van der Waals surface area contributed by atoms with E-state index >= 15 is 0 Å². The van der Waals surface area contributed by atoms with Gasteiger partial charge in [-0.25, -0.2) is 4.79 Å². The standard InChI is InChI=1S/C18H26N4O3/c1-13(20-18(24)21-16-3-2-8-19-17(16)23)14-4-6-15(7-5-14)22-9-11-25-12-10-22/h4-7,13,16H,2-3,8-12H2,1H3,(H,19,23)(H2,20,21,24)/t13-,16+/m1/s1. The summed E-state index contributed by atoms with van der Waals surface area (Å²) in [5.74, 6) is -0.107. The third-order valence-electron chi connectivity index (χ3n) is 4.71. The highest BCUT2D eigenvalue weighted by atomic mass is 16.5. The van der Waals surface area contributed by atoms with Crippen molar-refractivity contribution in [2.45, 2.75) is 31.8 Å². The van der Waals surface area contributed by atoms with E-state index in [-0.39, 0.29) is 18.0 Å². The zero-order valence-electron chi connectivity index (χ0n) is 14.6. The molecule has 1 aromatic rings. The third kappa shape index (κ3) is 4.63. The predicted octanol–water partition coefficient (Wildman–Crippen LogP) is 1.16. The van der Waals surface area contributed by atoms with Crippen LogP contribution in [0.25, 0.3) is 0 Å². The second-order valence-corrected chi connectivity index (χ2v) is 6.52. The maximum atomic E-state index is 12.1. The van der Waals surface area contributed by atoms with Crippen LogP contribution >= 0.6 is 0 Å². The van der Waals surface area contributed by atoms with Gasteiger partial charge in [-0.15, -0.1) is 0 Å². The molecule has 0 bridgehead atoms. The van der Waals surface area contributed by atoms with Gasteiger partial charge in [0, 0.05) is 25.3 Å². The molecule has 0 spiro atoms. The smallest absolute Gasteiger partial charge is 0.315 e. The van der Waals surface area contributed by atoms with Gasteiger partial charge in [-0.2, -0.15) is 0 Å². The Morgan fingerprint density at radius 2 is 2.00 bits per heavy atom. The maximum Gasteiger partial charge on any atom is 0.315 e. The van der Waals surface area contributed by atoms with Crippen molar-refractivity contribution in [2.24, 2.45) is 0 Å². The summed E-state index contributed by atoms with van der Waals surface area (Å²) in [7, 11) is 0. The van der Waals surface area contributed by atoms with Gasteiger partial charge in [0.1, 0.15) is 6.04 Å². The molecule has 2 aliphatic rings. The summed E-state index contributed by atoms with van der Waals surface area (Å²) in [6.45, 7) is 5.94. The Balaban J connectivity index is 1.52. The Kier molecular flexibility index (Phi) is 5.75. The number of carbonyl (C=O) groups is 2. The Bertz CT molecular complexity index is 599. The van der Waals surface area contributed by atoms with Gasteiger partial charge in [0.05, 0.1) is 19.3 Å². The molecule has 0 aromatic heterocycles. The second kappa shape index (κ2) is 8.20. The fourth-order valence-electron chi connectivity index (χ4n) is 3.19. The number of nitrogens with one attached hydrogen (secondary N) is 3. The van der Waals surface area contributed by atoms with Crippen molar-refractivity contribution in [1.29, 1.82) is 0 Å². The molecule has 2 fully saturated rings. The van der Waals surface area contributed by atoms with E-state index in [4.69, 9.17) is 4.74 Å². The van der Waals surface area contributed by atoms with Crippen LogP contribution in [-0.4, -0.2) is 50.8 Å². The molecule has 0 unspecified atom stereocenters. The molecule has 7 heteroatoms. The minimum atomic E-state index is -0.440. The van der Waals surface area contributed by atoms with E-state index in [2.05, 4.69) is 33.0 Å². The Morgan fingerprint density at radius 3 is 2.68 bits per heavy atom. The van der Waals surface area contributed by atoms with E-state index in [0.717, 1.165) is 38.3 Å². The summed E-state index contributed by atoms with van der Waals surface area (Å²) in [5, 5.41) is 8.41. The Hall–Kier alpha value is -2.28. The predicted molar refractivity (Wildman–Crippen MR) is 95.6 cm³/mol. The average Bonchev–Trinajstić information content (AvgIpc) is 2.64. The fourth-order valence-corrected chi connectivity index (χ4v) is 3.19. The Morgan fingerprint density at radius 1 is 1.28 bits per heavy atom. The van der Waals surface area contributed by atoms with Crippen LogP contribution in [0, 0.1) is 0 Å². The quantitative estimate of drug-likeness (QED) is 0.764. The molecule has 2 heterocycles. The van der Waals surface area contributed by atoms with Gasteiger partial charge in [0.15, 0.2) is 0 Å². The topological polar surface area (TPSA) is 82.7 Å². The lowest BCUT2D eigenvalue weighted by atomic mass is 10.1. The zero-order chi connectivity index (χ0) is 17.6. The number of rotatable bonds is 4. The molecular formula is C18H26N4O3. The van der Waals surface area contributed by atoms with Gasteiger partial charge in [-0.1, -0.05) is 12.1 Å². The fraction of sp³-hybridized carbons (Fsp3) is 0.556. The highest BCUT2D eigenvalue weighted by molar-refractivity contribution is 5.87. The first-order valence-corrected chi connectivity index (χ1v) is 8.91. The van der Waals surface area contributed by atoms with Crippen LogP contribution in [0.3, 0.4) is 0 Å². The highest BCUT2D eigenvalue weighted by Gasteiger charge is 2.24. The second-order valence-electron chi connectivity index (χ2n) is 6.52. The first-order valence-electron chi connectivity index (χ1n) is 8.91. The van der Waals surface area contributed by atoms with Gasteiger partial charge >= 0.3 is 6.03 Å². The van der Waals surface area contributed by atoms with Crippen molar-refractivity contribution in [2.75, 3.05) is 37.7 Å². The van der Waals surface area contributed by atoms with E-state index in [0.29, 0.717) is 13.0 Å². The normalized spacial score (nSPS) is 22.0. The molecule has 7 nitrogen and oxygen atoms in total. The van der Waals surface area contributed by atoms with E-state index in [1.165, 1.54) is 5.69 Å². The average molecular weight is 346 g/mol. The molecule has 3 amide bonds. The summed E-state index contributed by atoms with van der Waals surface area (Å²) >= 11 is 0. The molecular weight excluding hydrogens is 320 g/mol. The van der Waals surface area contributed by atoms with Crippen LogP contribution in [0.1, 0.15) is 31.4 Å². The van der Waals surface area contributed by atoms with Crippen LogP contribution in [0.15, 0.2) is 24.3 Å². The minimum Gasteiger partial charge on any atom is -0.378 e. The summed E-state index contributed by atoms with van der Waals surface area (Å²) in [6.07, 6.45) is 1.57. The van der Waals surface area contributed by atoms with Gasteiger partial charge in [0.25, 0.3) is 0 Å². The first-order chi connectivity index (χ1) is 12.1. The van der Waals surface area contributed by atoms with Gasteiger partial charge in [-0.3, -0.25) is 4.79 Å². The van der Waals surface area contributed by atoms with Crippen molar-refractivity contribution < 1.29 is 14.3 Å². The molecule has 0 saturated carbocycles. The van der Waals surface area contributed by atoms with Crippen LogP contribution in [-0.2, 0) is 9.53 Å². The van der Waals surface area contributed by atoms with Crippen LogP contribution in [0.5, 0.6) is 0 Å². The molecule has 3 rings (SSSR count). The summed E-state index contributed by atoms with van der Waals surface area (Å²) in [6, 6.07) is 7.32. The van der Waals surface area contributed by atoms with Gasteiger partial charge < -0.3 is 25.6 Å². The summed E-state index contributed by atoms with van der Waals surface area (Å²) in [5.41, 5.74) is 2.20. The number of carbonyl (C=O) groups excluding carboxylic acids is 2. The number of ether oxygens (including phenoxy) is 1. The van der Waals surface area contributed by atoms with Crippen LogP contribution < -0.4 is 20.9 Å².